The highest BCUT2D eigenvalue weighted by atomic mass is 16.5. The molecule has 1 rings (SSSR count). The van der Waals surface area contributed by atoms with E-state index in [1.807, 2.05) is 6.07 Å². The molecule has 0 radical (unpaired) electrons. The number of hydrogen-bond acceptors (Lipinski definition) is 4. The van der Waals surface area contributed by atoms with Crippen molar-refractivity contribution in [1.82, 2.24) is 10.3 Å². The first kappa shape index (κ1) is 15.9. The van der Waals surface area contributed by atoms with Crippen molar-refractivity contribution in [2.45, 2.75) is 33.7 Å². The molecule has 0 aliphatic heterocycles. The molecule has 0 aliphatic carbocycles. The van der Waals surface area contributed by atoms with E-state index in [-0.39, 0.29) is 0 Å². The number of aromatic nitrogens is 1. The van der Waals surface area contributed by atoms with Gasteiger partial charge in [-0.25, -0.2) is 0 Å². The molecule has 0 atom stereocenters. The average molecular weight is 266 g/mol. The quantitative estimate of drug-likeness (QED) is 0.661. The van der Waals surface area contributed by atoms with Crippen LogP contribution in [-0.2, 0) is 11.3 Å². The van der Waals surface area contributed by atoms with Crippen molar-refractivity contribution in [1.29, 1.82) is 0 Å². The van der Waals surface area contributed by atoms with E-state index >= 15 is 0 Å². The molecule has 1 aromatic heterocycles. The van der Waals surface area contributed by atoms with Crippen molar-refractivity contribution in [2.24, 2.45) is 5.92 Å². The fourth-order valence-electron chi connectivity index (χ4n) is 1.61. The Bertz CT molecular complexity index is 343. The third kappa shape index (κ3) is 7.13. The predicted octanol–water partition coefficient (Wildman–Crippen LogP) is 2.63. The summed E-state index contributed by atoms with van der Waals surface area (Å²) < 4.78 is 11.2. The summed E-state index contributed by atoms with van der Waals surface area (Å²) in [6.45, 7) is 10.2. The number of nitrogens with zero attached hydrogens (tertiary/aromatic N) is 1. The molecular formula is C15H26N2O2. The molecular weight excluding hydrogens is 240 g/mol. The standard InChI is InChI=1S/C15H26N2O2/c1-4-6-16-10-14-5-7-17-11-15(14)19-9-8-18-12-13(2)3/h5,7,11,13,16H,4,6,8-10,12H2,1-3H3. The molecule has 0 bridgehead atoms. The first-order valence-electron chi connectivity index (χ1n) is 7.08. The van der Waals surface area contributed by atoms with Gasteiger partial charge >= 0.3 is 0 Å². The first-order valence-corrected chi connectivity index (χ1v) is 7.08. The van der Waals surface area contributed by atoms with E-state index in [0.29, 0.717) is 19.1 Å². The molecule has 0 fully saturated rings. The SMILES string of the molecule is CCCNCc1ccncc1OCCOCC(C)C. The summed E-state index contributed by atoms with van der Waals surface area (Å²) in [5, 5.41) is 3.37. The number of ether oxygens (including phenoxy) is 2. The topological polar surface area (TPSA) is 43.4 Å². The first-order chi connectivity index (χ1) is 9.24. The zero-order valence-electron chi connectivity index (χ0n) is 12.3. The molecule has 0 spiro atoms. The van der Waals surface area contributed by atoms with Gasteiger partial charge in [-0.1, -0.05) is 20.8 Å². The van der Waals surface area contributed by atoms with Gasteiger partial charge in [-0.3, -0.25) is 4.98 Å². The van der Waals surface area contributed by atoms with Gasteiger partial charge in [-0.15, -0.1) is 0 Å². The molecule has 108 valence electrons. The molecule has 0 aliphatic rings. The third-order valence-electron chi connectivity index (χ3n) is 2.55. The van der Waals surface area contributed by atoms with Crippen LogP contribution in [0.2, 0.25) is 0 Å². The summed E-state index contributed by atoms with van der Waals surface area (Å²) in [6, 6.07) is 1.99. The highest BCUT2D eigenvalue weighted by Gasteiger charge is 2.03. The lowest BCUT2D eigenvalue weighted by molar-refractivity contribution is 0.0815. The zero-order valence-corrected chi connectivity index (χ0v) is 12.3. The van der Waals surface area contributed by atoms with Gasteiger partial charge in [-0.05, 0) is 24.9 Å². The molecule has 0 saturated heterocycles. The second-order valence-corrected chi connectivity index (χ2v) is 4.98. The van der Waals surface area contributed by atoms with Crippen molar-refractivity contribution in [3.8, 4) is 5.75 Å². The van der Waals surface area contributed by atoms with Gasteiger partial charge in [0.2, 0.25) is 0 Å². The molecule has 0 aromatic carbocycles. The fourth-order valence-corrected chi connectivity index (χ4v) is 1.61. The van der Waals surface area contributed by atoms with Gasteiger partial charge in [-0.2, -0.15) is 0 Å². The van der Waals surface area contributed by atoms with Crippen LogP contribution in [0, 0.1) is 5.92 Å². The molecule has 1 N–H and O–H groups in total. The van der Waals surface area contributed by atoms with E-state index < -0.39 is 0 Å². The van der Waals surface area contributed by atoms with Crippen LogP contribution >= 0.6 is 0 Å². The summed E-state index contributed by atoms with van der Waals surface area (Å²) in [5.41, 5.74) is 1.15. The minimum Gasteiger partial charge on any atom is -0.489 e. The highest BCUT2D eigenvalue weighted by molar-refractivity contribution is 5.29. The predicted molar refractivity (Wildman–Crippen MR) is 77.4 cm³/mol. The van der Waals surface area contributed by atoms with E-state index in [2.05, 4.69) is 31.1 Å². The van der Waals surface area contributed by atoms with Gasteiger partial charge in [0.15, 0.2) is 0 Å². The molecule has 4 nitrogen and oxygen atoms in total. The molecule has 0 amide bonds. The second kappa shape index (κ2) is 9.75. The maximum absolute atomic E-state index is 5.72. The Balaban J connectivity index is 2.31. The van der Waals surface area contributed by atoms with Gasteiger partial charge < -0.3 is 14.8 Å². The zero-order chi connectivity index (χ0) is 13.9. The van der Waals surface area contributed by atoms with Gasteiger partial charge in [0, 0.05) is 24.9 Å². The van der Waals surface area contributed by atoms with Gasteiger partial charge in [0.05, 0.1) is 12.8 Å². The van der Waals surface area contributed by atoms with Crippen LogP contribution in [0.5, 0.6) is 5.75 Å². The number of rotatable bonds is 10. The van der Waals surface area contributed by atoms with E-state index in [0.717, 1.165) is 37.4 Å². The average Bonchev–Trinajstić information content (AvgIpc) is 2.40. The molecule has 1 heterocycles. The molecule has 0 unspecified atom stereocenters. The van der Waals surface area contributed by atoms with Crippen LogP contribution in [0.25, 0.3) is 0 Å². The third-order valence-corrected chi connectivity index (χ3v) is 2.55. The lowest BCUT2D eigenvalue weighted by atomic mass is 10.2. The Morgan fingerprint density at radius 2 is 2.16 bits per heavy atom. The normalized spacial score (nSPS) is 10.9. The van der Waals surface area contributed by atoms with E-state index in [4.69, 9.17) is 9.47 Å². The maximum Gasteiger partial charge on any atom is 0.142 e. The summed E-state index contributed by atoms with van der Waals surface area (Å²) >= 11 is 0. The van der Waals surface area contributed by atoms with Crippen molar-refractivity contribution >= 4 is 0 Å². The Hall–Kier alpha value is -1.13. The number of hydrogen-bond donors (Lipinski definition) is 1. The second-order valence-electron chi connectivity index (χ2n) is 4.98. The highest BCUT2D eigenvalue weighted by Crippen LogP contribution is 2.15. The summed E-state index contributed by atoms with van der Waals surface area (Å²) in [6.07, 6.45) is 4.70. The van der Waals surface area contributed by atoms with E-state index in [1.165, 1.54) is 0 Å². The Labute approximate surface area is 116 Å². The van der Waals surface area contributed by atoms with E-state index in [1.54, 1.807) is 12.4 Å². The lowest BCUT2D eigenvalue weighted by Gasteiger charge is -2.12. The largest absolute Gasteiger partial charge is 0.489 e. The fraction of sp³-hybridized carbons (Fsp3) is 0.667. The lowest BCUT2D eigenvalue weighted by Crippen LogP contribution is -2.16. The van der Waals surface area contributed by atoms with Crippen LogP contribution < -0.4 is 10.1 Å². The van der Waals surface area contributed by atoms with Crippen molar-refractivity contribution in [3.63, 3.8) is 0 Å². The Morgan fingerprint density at radius 1 is 1.32 bits per heavy atom. The van der Waals surface area contributed by atoms with Crippen LogP contribution in [0.1, 0.15) is 32.8 Å². The summed E-state index contributed by atoms with van der Waals surface area (Å²) in [5.74, 6) is 1.41. The van der Waals surface area contributed by atoms with Crippen molar-refractivity contribution in [3.05, 3.63) is 24.0 Å². The molecule has 19 heavy (non-hydrogen) atoms. The minimum absolute atomic E-state index is 0.562. The van der Waals surface area contributed by atoms with Gasteiger partial charge in [0.25, 0.3) is 0 Å². The van der Waals surface area contributed by atoms with Gasteiger partial charge in [0.1, 0.15) is 12.4 Å². The van der Waals surface area contributed by atoms with Crippen molar-refractivity contribution < 1.29 is 9.47 Å². The minimum atomic E-state index is 0.562. The monoisotopic (exact) mass is 266 g/mol. The summed E-state index contributed by atoms with van der Waals surface area (Å²) in [4.78, 5) is 4.11. The number of pyridine rings is 1. The Morgan fingerprint density at radius 3 is 2.89 bits per heavy atom. The van der Waals surface area contributed by atoms with Crippen LogP contribution in [0.15, 0.2) is 18.5 Å². The molecule has 1 aromatic rings. The van der Waals surface area contributed by atoms with Crippen LogP contribution in [0.4, 0.5) is 0 Å². The van der Waals surface area contributed by atoms with Crippen molar-refractivity contribution in [2.75, 3.05) is 26.4 Å². The summed E-state index contributed by atoms with van der Waals surface area (Å²) in [7, 11) is 0. The van der Waals surface area contributed by atoms with Crippen LogP contribution in [0.3, 0.4) is 0 Å². The maximum atomic E-state index is 5.72. The van der Waals surface area contributed by atoms with Crippen LogP contribution in [-0.4, -0.2) is 31.3 Å². The molecule has 4 heteroatoms. The van der Waals surface area contributed by atoms with E-state index in [9.17, 15) is 0 Å². The molecule has 0 saturated carbocycles. The smallest absolute Gasteiger partial charge is 0.142 e. The Kier molecular flexibility index (Phi) is 8.18. The number of nitrogens with one attached hydrogen (secondary N) is 1.